The summed E-state index contributed by atoms with van der Waals surface area (Å²) in [5, 5.41) is 3.92. The van der Waals surface area contributed by atoms with Crippen LogP contribution in [0.15, 0.2) is 48.5 Å². The number of para-hydroxylation sites is 1. The summed E-state index contributed by atoms with van der Waals surface area (Å²) in [4.78, 5) is 17.7. The Hall–Kier alpha value is -2.88. The van der Waals surface area contributed by atoms with E-state index in [0.29, 0.717) is 18.0 Å². The van der Waals surface area contributed by atoms with E-state index in [9.17, 15) is 4.79 Å². The smallest absolute Gasteiger partial charge is 0.252 e. The molecule has 3 aromatic rings. The zero-order chi connectivity index (χ0) is 18.7. The number of rotatable bonds is 5. The van der Waals surface area contributed by atoms with E-state index in [1.165, 1.54) is 0 Å². The van der Waals surface area contributed by atoms with E-state index in [2.05, 4.69) is 19.2 Å². The molecule has 26 heavy (non-hydrogen) atoms. The molecule has 134 valence electrons. The number of nitrogens with one attached hydrogen (secondary N) is 1. The molecule has 0 aliphatic rings. The highest BCUT2D eigenvalue weighted by atomic mass is 16.5. The van der Waals surface area contributed by atoms with E-state index in [1.54, 1.807) is 7.11 Å². The minimum absolute atomic E-state index is 0.0513. The average Bonchev–Trinajstić information content (AvgIpc) is 2.65. The minimum Gasteiger partial charge on any atom is -0.497 e. The molecule has 0 unspecified atom stereocenters. The van der Waals surface area contributed by atoms with Gasteiger partial charge < -0.3 is 10.1 Å². The number of aromatic nitrogens is 1. The molecule has 0 atom stereocenters. The summed E-state index contributed by atoms with van der Waals surface area (Å²) in [6.45, 7) is 6.78. The van der Waals surface area contributed by atoms with Gasteiger partial charge in [0.05, 0.1) is 23.9 Å². The van der Waals surface area contributed by atoms with Crippen molar-refractivity contribution in [2.75, 3.05) is 13.7 Å². The predicted octanol–water partition coefficient (Wildman–Crippen LogP) is 4.60. The number of fused-ring (bicyclic) bond motifs is 1. The molecule has 0 bridgehead atoms. The molecular weight excluding hydrogens is 324 g/mol. The van der Waals surface area contributed by atoms with Crippen LogP contribution in [-0.2, 0) is 0 Å². The van der Waals surface area contributed by atoms with Crippen LogP contribution in [0.2, 0.25) is 0 Å². The maximum atomic E-state index is 12.9. The van der Waals surface area contributed by atoms with Crippen molar-refractivity contribution in [2.45, 2.75) is 20.8 Å². The van der Waals surface area contributed by atoms with Gasteiger partial charge in [-0.25, -0.2) is 4.98 Å². The Labute approximate surface area is 154 Å². The third-order valence-corrected chi connectivity index (χ3v) is 4.40. The number of carbonyl (C=O) groups is 1. The van der Waals surface area contributed by atoms with Crippen LogP contribution in [0.5, 0.6) is 5.75 Å². The summed E-state index contributed by atoms with van der Waals surface area (Å²) < 4.78 is 5.24. The first kappa shape index (κ1) is 17.9. The topological polar surface area (TPSA) is 51.2 Å². The largest absolute Gasteiger partial charge is 0.497 e. The van der Waals surface area contributed by atoms with Crippen LogP contribution in [0.3, 0.4) is 0 Å². The normalized spacial score (nSPS) is 11.0. The number of amides is 1. The Morgan fingerprint density at radius 1 is 1.12 bits per heavy atom. The predicted molar refractivity (Wildman–Crippen MR) is 106 cm³/mol. The Bertz CT molecular complexity index is 931. The second-order valence-electron chi connectivity index (χ2n) is 6.81. The average molecular weight is 348 g/mol. The van der Waals surface area contributed by atoms with Gasteiger partial charge in [-0.2, -0.15) is 0 Å². The monoisotopic (exact) mass is 348 g/mol. The molecule has 3 rings (SSSR count). The molecular formula is C22H24N2O2. The maximum Gasteiger partial charge on any atom is 0.252 e. The van der Waals surface area contributed by atoms with E-state index < -0.39 is 0 Å². The third-order valence-electron chi connectivity index (χ3n) is 4.40. The van der Waals surface area contributed by atoms with Crippen LogP contribution < -0.4 is 10.1 Å². The number of hydrogen-bond acceptors (Lipinski definition) is 3. The molecule has 1 aromatic heterocycles. The number of ether oxygens (including phenoxy) is 1. The first-order valence-electron chi connectivity index (χ1n) is 8.83. The van der Waals surface area contributed by atoms with Gasteiger partial charge >= 0.3 is 0 Å². The van der Waals surface area contributed by atoms with E-state index in [0.717, 1.165) is 33.5 Å². The SMILES string of the molecule is COc1ccc(-c2nc3ccccc3c(C(=O)NCC(C)C)c2C)cc1. The first-order chi connectivity index (χ1) is 12.5. The fourth-order valence-electron chi connectivity index (χ4n) is 3.02. The van der Waals surface area contributed by atoms with Gasteiger partial charge in [0.1, 0.15) is 5.75 Å². The van der Waals surface area contributed by atoms with Gasteiger partial charge in [0.2, 0.25) is 0 Å². The second-order valence-corrected chi connectivity index (χ2v) is 6.81. The summed E-state index contributed by atoms with van der Waals surface area (Å²) in [6, 6.07) is 15.5. The molecule has 0 radical (unpaired) electrons. The summed E-state index contributed by atoms with van der Waals surface area (Å²) >= 11 is 0. The van der Waals surface area contributed by atoms with Crippen molar-refractivity contribution in [1.82, 2.24) is 10.3 Å². The Morgan fingerprint density at radius 2 is 1.81 bits per heavy atom. The van der Waals surface area contributed by atoms with Gasteiger partial charge in [0, 0.05) is 17.5 Å². The lowest BCUT2D eigenvalue weighted by molar-refractivity contribution is 0.0950. The molecule has 2 aromatic carbocycles. The van der Waals surface area contributed by atoms with Gasteiger partial charge in [0.15, 0.2) is 0 Å². The molecule has 1 heterocycles. The standard InChI is InChI=1S/C22H24N2O2/c1-14(2)13-23-22(25)20-15(3)21(16-9-11-17(26-4)12-10-16)24-19-8-6-5-7-18(19)20/h5-12,14H,13H2,1-4H3,(H,23,25). The third kappa shape index (κ3) is 3.54. The lowest BCUT2D eigenvalue weighted by atomic mass is 9.97. The highest BCUT2D eigenvalue weighted by Crippen LogP contribution is 2.30. The molecule has 4 heteroatoms. The molecule has 0 aliphatic carbocycles. The number of benzene rings is 2. The molecule has 0 saturated carbocycles. The fraction of sp³-hybridized carbons (Fsp3) is 0.273. The van der Waals surface area contributed by atoms with Crippen molar-refractivity contribution >= 4 is 16.8 Å². The van der Waals surface area contributed by atoms with Gasteiger partial charge in [0.25, 0.3) is 5.91 Å². The summed E-state index contributed by atoms with van der Waals surface area (Å²) in [5.74, 6) is 1.14. The maximum absolute atomic E-state index is 12.9. The molecule has 0 aliphatic heterocycles. The molecule has 0 fully saturated rings. The summed E-state index contributed by atoms with van der Waals surface area (Å²) in [6.07, 6.45) is 0. The highest BCUT2D eigenvalue weighted by molar-refractivity contribution is 6.08. The molecule has 0 spiro atoms. The molecule has 1 amide bonds. The van der Waals surface area contributed by atoms with Crippen molar-refractivity contribution in [2.24, 2.45) is 5.92 Å². The quantitative estimate of drug-likeness (QED) is 0.733. The number of pyridine rings is 1. The van der Waals surface area contributed by atoms with Crippen LogP contribution in [-0.4, -0.2) is 24.5 Å². The zero-order valence-corrected chi connectivity index (χ0v) is 15.7. The van der Waals surface area contributed by atoms with E-state index in [1.807, 2.05) is 55.5 Å². The Balaban J connectivity index is 2.15. The first-order valence-corrected chi connectivity index (χ1v) is 8.83. The van der Waals surface area contributed by atoms with Gasteiger partial charge in [-0.3, -0.25) is 4.79 Å². The summed E-state index contributed by atoms with van der Waals surface area (Å²) in [7, 11) is 1.64. The van der Waals surface area contributed by atoms with Crippen molar-refractivity contribution < 1.29 is 9.53 Å². The van der Waals surface area contributed by atoms with Crippen molar-refractivity contribution in [3.8, 4) is 17.0 Å². The number of methoxy groups -OCH3 is 1. The number of hydrogen-bond donors (Lipinski definition) is 1. The van der Waals surface area contributed by atoms with E-state index in [4.69, 9.17) is 9.72 Å². The van der Waals surface area contributed by atoms with Gasteiger partial charge in [-0.15, -0.1) is 0 Å². The fourth-order valence-corrected chi connectivity index (χ4v) is 3.02. The molecule has 0 saturated heterocycles. The minimum atomic E-state index is -0.0513. The van der Waals surface area contributed by atoms with Crippen LogP contribution in [0.4, 0.5) is 0 Å². The lowest BCUT2D eigenvalue weighted by Gasteiger charge is -2.15. The Morgan fingerprint density at radius 3 is 2.46 bits per heavy atom. The van der Waals surface area contributed by atoms with Gasteiger partial charge in [-0.05, 0) is 48.7 Å². The number of carbonyl (C=O) groups excluding carboxylic acids is 1. The van der Waals surface area contributed by atoms with E-state index in [-0.39, 0.29) is 5.91 Å². The van der Waals surface area contributed by atoms with Crippen LogP contribution in [0.25, 0.3) is 22.2 Å². The highest BCUT2D eigenvalue weighted by Gasteiger charge is 2.18. The van der Waals surface area contributed by atoms with Crippen molar-refractivity contribution in [3.05, 3.63) is 59.7 Å². The molecule has 1 N–H and O–H groups in total. The number of nitrogens with zero attached hydrogens (tertiary/aromatic N) is 1. The second kappa shape index (κ2) is 7.56. The molecule has 4 nitrogen and oxygen atoms in total. The lowest BCUT2D eigenvalue weighted by Crippen LogP contribution is -2.28. The van der Waals surface area contributed by atoms with Crippen LogP contribution in [0.1, 0.15) is 29.8 Å². The van der Waals surface area contributed by atoms with Crippen molar-refractivity contribution in [3.63, 3.8) is 0 Å². The Kier molecular flexibility index (Phi) is 5.21. The summed E-state index contributed by atoms with van der Waals surface area (Å²) in [5.41, 5.74) is 4.18. The van der Waals surface area contributed by atoms with E-state index >= 15 is 0 Å². The van der Waals surface area contributed by atoms with Crippen LogP contribution in [0, 0.1) is 12.8 Å². The van der Waals surface area contributed by atoms with Gasteiger partial charge in [-0.1, -0.05) is 32.0 Å². The van der Waals surface area contributed by atoms with Crippen LogP contribution >= 0.6 is 0 Å². The van der Waals surface area contributed by atoms with Crippen molar-refractivity contribution in [1.29, 1.82) is 0 Å². The zero-order valence-electron chi connectivity index (χ0n) is 15.7.